The highest BCUT2D eigenvalue weighted by atomic mass is 19.3. The molecule has 3 aliphatic carbocycles. The number of nitrogens with zero attached hydrogens (tertiary/aromatic N) is 1. The lowest BCUT2D eigenvalue weighted by Gasteiger charge is -2.51. The van der Waals surface area contributed by atoms with Crippen molar-refractivity contribution in [2.24, 2.45) is 23.2 Å². The van der Waals surface area contributed by atoms with Gasteiger partial charge in [-0.1, -0.05) is 25.1 Å². The lowest BCUT2D eigenvalue weighted by Crippen LogP contribution is -2.47. The number of halogens is 2. The summed E-state index contributed by atoms with van der Waals surface area (Å²) in [5, 5.41) is 19.1. The molecule has 1 aliphatic heterocycles. The summed E-state index contributed by atoms with van der Waals surface area (Å²) in [6.45, 7) is 3.52. The third kappa shape index (κ3) is 4.11. The van der Waals surface area contributed by atoms with Gasteiger partial charge in [-0.2, -0.15) is 0 Å². The monoisotopic (exact) mass is 473 g/mol. The van der Waals surface area contributed by atoms with Gasteiger partial charge in [0.05, 0.1) is 0 Å². The third-order valence-corrected chi connectivity index (χ3v) is 9.84. The highest BCUT2D eigenvalue weighted by Gasteiger charge is 2.67. The highest BCUT2D eigenvalue weighted by Crippen LogP contribution is 2.68. The SMILES string of the molecule is C[C@]12CC[C@@H]3c4ccc(B(O)O)cc4CC[C@H]3[C@@H]1[C@@H](CCCC(=O)N1CCCCC1)CC2(F)F. The van der Waals surface area contributed by atoms with E-state index in [9.17, 15) is 14.8 Å². The van der Waals surface area contributed by atoms with Gasteiger partial charge in [0.15, 0.2) is 0 Å². The van der Waals surface area contributed by atoms with Gasteiger partial charge in [0.25, 0.3) is 5.92 Å². The summed E-state index contributed by atoms with van der Waals surface area (Å²) in [6, 6.07) is 5.66. The first kappa shape index (κ1) is 24.2. The number of amides is 1. The maximum Gasteiger partial charge on any atom is 0.488 e. The van der Waals surface area contributed by atoms with Crippen molar-refractivity contribution in [1.82, 2.24) is 4.90 Å². The first-order chi connectivity index (χ1) is 16.2. The minimum absolute atomic E-state index is 0.0254. The number of hydrogen-bond acceptors (Lipinski definition) is 3. The quantitative estimate of drug-likeness (QED) is 0.629. The van der Waals surface area contributed by atoms with E-state index in [4.69, 9.17) is 0 Å². The maximum atomic E-state index is 15.5. The van der Waals surface area contributed by atoms with Gasteiger partial charge in [-0.15, -0.1) is 0 Å². The number of carbonyl (C=O) groups excluding carboxylic acids is 1. The smallest absolute Gasteiger partial charge is 0.423 e. The van der Waals surface area contributed by atoms with Crippen molar-refractivity contribution in [1.29, 1.82) is 0 Å². The van der Waals surface area contributed by atoms with Crippen molar-refractivity contribution in [2.45, 2.75) is 89.4 Å². The fourth-order valence-electron chi connectivity index (χ4n) is 8.10. The van der Waals surface area contributed by atoms with Crippen LogP contribution in [0.4, 0.5) is 8.78 Å². The van der Waals surface area contributed by atoms with Gasteiger partial charge in [-0.3, -0.25) is 4.79 Å². The van der Waals surface area contributed by atoms with Crippen LogP contribution in [0.3, 0.4) is 0 Å². The van der Waals surface area contributed by atoms with Gasteiger partial charge in [-0.05, 0) is 98.0 Å². The van der Waals surface area contributed by atoms with E-state index in [2.05, 4.69) is 0 Å². The molecule has 1 aromatic rings. The Morgan fingerprint density at radius 3 is 2.68 bits per heavy atom. The van der Waals surface area contributed by atoms with Crippen LogP contribution in [-0.4, -0.2) is 47.0 Å². The van der Waals surface area contributed by atoms with Crippen molar-refractivity contribution in [2.75, 3.05) is 13.1 Å². The van der Waals surface area contributed by atoms with Crippen molar-refractivity contribution in [3.8, 4) is 0 Å². The third-order valence-electron chi connectivity index (χ3n) is 9.84. The molecule has 0 unspecified atom stereocenters. The second kappa shape index (κ2) is 9.20. The van der Waals surface area contributed by atoms with Crippen LogP contribution in [0.15, 0.2) is 18.2 Å². The van der Waals surface area contributed by atoms with Gasteiger partial charge in [0.1, 0.15) is 0 Å². The fourth-order valence-corrected chi connectivity index (χ4v) is 8.10. The Kier molecular flexibility index (Phi) is 6.56. The Hall–Kier alpha value is -1.47. The zero-order valence-corrected chi connectivity index (χ0v) is 20.3. The van der Waals surface area contributed by atoms with E-state index in [1.165, 1.54) is 12.0 Å². The largest absolute Gasteiger partial charge is 0.488 e. The maximum absolute atomic E-state index is 15.5. The summed E-state index contributed by atoms with van der Waals surface area (Å²) in [5.41, 5.74) is 1.90. The summed E-state index contributed by atoms with van der Waals surface area (Å²) < 4.78 is 30.9. The lowest BCUT2D eigenvalue weighted by atomic mass is 9.53. The molecule has 0 bridgehead atoms. The Labute approximate surface area is 202 Å². The van der Waals surface area contributed by atoms with E-state index in [0.717, 1.165) is 50.8 Å². The van der Waals surface area contributed by atoms with Crippen LogP contribution in [0.25, 0.3) is 0 Å². The molecule has 1 heterocycles. The van der Waals surface area contributed by atoms with Crippen LogP contribution in [-0.2, 0) is 11.2 Å². The predicted molar refractivity (Wildman–Crippen MR) is 129 cm³/mol. The number of fused-ring (bicyclic) bond motifs is 5. The second-order valence-electron chi connectivity index (χ2n) is 11.6. The molecular weight excluding hydrogens is 435 g/mol. The molecule has 5 atom stereocenters. The topological polar surface area (TPSA) is 60.8 Å². The number of hydrogen-bond donors (Lipinski definition) is 2. The van der Waals surface area contributed by atoms with Crippen LogP contribution in [0.1, 0.15) is 88.2 Å². The molecule has 186 valence electrons. The summed E-state index contributed by atoms with van der Waals surface area (Å²) >= 11 is 0. The molecular formula is C27H38BF2NO3. The van der Waals surface area contributed by atoms with Gasteiger partial charge in [0.2, 0.25) is 5.91 Å². The fraction of sp³-hybridized carbons (Fsp3) is 0.741. The molecule has 4 aliphatic rings. The van der Waals surface area contributed by atoms with E-state index in [-0.39, 0.29) is 36.0 Å². The molecule has 7 heteroatoms. The number of alkyl halides is 2. The molecule has 1 amide bonds. The summed E-state index contributed by atoms with van der Waals surface area (Å²) in [5.74, 6) is -2.03. The number of rotatable bonds is 5. The Morgan fingerprint density at radius 2 is 1.94 bits per heavy atom. The number of piperidine rings is 1. The number of carbonyl (C=O) groups is 1. The number of likely N-dealkylation sites (tertiary alicyclic amines) is 1. The average molecular weight is 473 g/mol. The van der Waals surface area contributed by atoms with Gasteiger partial charge in [0, 0.05) is 31.3 Å². The summed E-state index contributed by atoms with van der Waals surface area (Å²) in [6.07, 6.45) is 8.16. The van der Waals surface area contributed by atoms with Gasteiger partial charge in [-0.25, -0.2) is 8.78 Å². The van der Waals surface area contributed by atoms with Crippen molar-refractivity contribution < 1.29 is 23.6 Å². The van der Waals surface area contributed by atoms with Crippen LogP contribution in [0.2, 0.25) is 0 Å². The second-order valence-corrected chi connectivity index (χ2v) is 11.6. The Morgan fingerprint density at radius 1 is 1.18 bits per heavy atom. The molecule has 1 saturated heterocycles. The van der Waals surface area contributed by atoms with E-state index in [1.54, 1.807) is 6.07 Å². The van der Waals surface area contributed by atoms with Crippen molar-refractivity contribution >= 4 is 18.5 Å². The van der Waals surface area contributed by atoms with Gasteiger partial charge >= 0.3 is 7.12 Å². The first-order valence-electron chi connectivity index (χ1n) is 13.4. The molecule has 0 aromatic heterocycles. The van der Waals surface area contributed by atoms with Crippen molar-refractivity contribution in [3.63, 3.8) is 0 Å². The van der Waals surface area contributed by atoms with Gasteiger partial charge < -0.3 is 14.9 Å². The van der Waals surface area contributed by atoms with Crippen LogP contribution >= 0.6 is 0 Å². The summed E-state index contributed by atoms with van der Waals surface area (Å²) in [4.78, 5) is 14.6. The van der Waals surface area contributed by atoms with E-state index in [1.807, 2.05) is 24.0 Å². The molecule has 1 aromatic carbocycles. The predicted octanol–water partition coefficient (Wildman–Crippen LogP) is 4.27. The molecule has 2 N–H and O–H groups in total. The summed E-state index contributed by atoms with van der Waals surface area (Å²) in [7, 11) is -1.48. The zero-order valence-electron chi connectivity index (χ0n) is 20.3. The van der Waals surface area contributed by atoms with Crippen molar-refractivity contribution in [3.05, 3.63) is 29.3 Å². The standard InChI is InChI=1S/C27H38BF2NO3/c1-26-13-12-22-21-11-9-20(28(33)34)16-18(21)8-10-23(22)25(26)19(17-27(26,29)30)6-5-7-24(32)31-14-3-2-4-15-31/h9,11,16,19,22-23,25,33-34H,2-8,10,12-15,17H2,1H3/t19-,22+,23+,25-,26-/m0/s1. The molecule has 34 heavy (non-hydrogen) atoms. The first-order valence-corrected chi connectivity index (χ1v) is 13.4. The molecule has 3 fully saturated rings. The van der Waals surface area contributed by atoms with Crippen LogP contribution in [0.5, 0.6) is 0 Å². The van der Waals surface area contributed by atoms with E-state index in [0.29, 0.717) is 31.1 Å². The zero-order chi connectivity index (χ0) is 24.1. The minimum Gasteiger partial charge on any atom is -0.423 e. The molecule has 0 spiro atoms. The minimum atomic E-state index is -2.66. The average Bonchev–Trinajstić information content (AvgIpc) is 3.03. The highest BCUT2D eigenvalue weighted by molar-refractivity contribution is 6.58. The Balaban J connectivity index is 1.32. The normalized spacial score (nSPS) is 34.2. The van der Waals surface area contributed by atoms with E-state index >= 15 is 8.78 Å². The molecule has 2 saturated carbocycles. The number of benzene rings is 1. The lowest BCUT2D eigenvalue weighted by molar-refractivity contribution is -0.134. The molecule has 5 rings (SSSR count). The number of aryl methyl sites for hydroxylation is 1. The Bertz CT molecular complexity index is 919. The van der Waals surface area contributed by atoms with Crippen LogP contribution < -0.4 is 5.46 Å². The molecule has 4 nitrogen and oxygen atoms in total. The molecule has 0 radical (unpaired) electrons. The van der Waals surface area contributed by atoms with E-state index < -0.39 is 18.5 Å². The van der Waals surface area contributed by atoms with Crippen LogP contribution in [0, 0.1) is 23.2 Å².